The van der Waals surface area contributed by atoms with Crippen molar-refractivity contribution < 1.29 is 14.1 Å². The second-order valence-electron chi connectivity index (χ2n) is 4.37. The van der Waals surface area contributed by atoms with E-state index in [1.807, 2.05) is 13.8 Å². The van der Waals surface area contributed by atoms with Gasteiger partial charge >= 0.3 is 5.69 Å². The Labute approximate surface area is 111 Å². The maximum absolute atomic E-state index is 12.9. The van der Waals surface area contributed by atoms with Crippen molar-refractivity contribution in [2.45, 2.75) is 13.8 Å². The Kier molecular flexibility index (Phi) is 5.40. The van der Waals surface area contributed by atoms with Crippen LogP contribution in [0.4, 0.5) is 10.1 Å². The van der Waals surface area contributed by atoms with Gasteiger partial charge in [-0.2, -0.15) is 12.6 Å². The zero-order valence-corrected chi connectivity index (χ0v) is 11.2. The minimum atomic E-state index is -0.649. The second kappa shape index (κ2) is 6.58. The van der Waals surface area contributed by atoms with Crippen LogP contribution in [0.2, 0.25) is 0 Å². The third-order valence-electron chi connectivity index (χ3n) is 2.75. The Morgan fingerprint density at radius 2 is 2.17 bits per heavy atom. The fraction of sp³-hybridized carbons (Fsp3) is 0.500. The molecule has 0 spiro atoms. The van der Waals surface area contributed by atoms with Crippen LogP contribution in [0.5, 0.6) is 5.75 Å². The zero-order chi connectivity index (χ0) is 13.7. The first-order valence-corrected chi connectivity index (χ1v) is 6.26. The lowest BCUT2D eigenvalue weighted by molar-refractivity contribution is -0.386. The van der Waals surface area contributed by atoms with Gasteiger partial charge in [0.1, 0.15) is 5.82 Å². The minimum absolute atomic E-state index is 0.0915. The molecule has 0 aromatic heterocycles. The van der Waals surface area contributed by atoms with Crippen LogP contribution < -0.4 is 4.74 Å². The molecule has 1 rings (SSSR count). The topological polar surface area (TPSA) is 52.4 Å². The first kappa shape index (κ1) is 14.8. The highest BCUT2D eigenvalue weighted by Crippen LogP contribution is 2.28. The van der Waals surface area contributed by atoms with E-state index in [4.69, 9.17) is 4.74 Å². The first-order chi connectivity index (χ1) is 8.45. The van der Waals surface area contributed by atoms with Crippen molar-refractivity contribution in [3.63, 3.8) is 0 Å². The van der Waals surface area contributed by atoms with Gasteiger partial charge in [0.2, 0.25) is 0 Å². The van der Waals surface area contributed by atoms with E-state index in [0.29, 0.717) is 18.3 Å². The Morgan fingerprint density at radius 1 is 1.50 bits per heavy atom. The van der Waals surface area contributed by atoms with Crippen LogP contribution in [0.3, 0.4) is 0 Å². The molecule has 4 nitrogen and oxygen atoms in total. The van der Waals surface area contributed by atoms with Crippen LogP contribution >= 0.6 is 12.6 Å². The van der Waals surface area contributed by atoms with Crippen molar-refractivity contribution in [3.8, 4) is 5.75 Å². The van der Waals surface area contributed by atoms with Crippen LogP contribution in [-0.4, -0.2) is 17.3 Å². The molecule has 1 unspecified atom stereocenters. The van der Waals surface area contributed by atoms with Crippen molar-refractivity contribution in [1.29, 1.82) is 0 Å². The summed E-state index contributed by atoms with van der Waals surface area (Å²) in [5.74, 6) is 0.629. The lowest BCUT2D eigenvalue weighted by Crippen LogP contribution is -2.19. The van der Waals surface area contributed by atoms with Crippen molar-refractivity contribution >= 4 is 18.3 Å². The smallest absolute Gasteiger partial charge is 0.313 e. The number of hydrogen-bond donors (Lipinski definition) is 1. The lowest BCUT2D eigenvalue weighted by Gasteiger charge is -2.18. The molecule has 0 aliphatic carbocycles. The highest BCUT2D eigenvalue weighted by Gasteiger charge is 2.19. The van der Waals surface area contributed by atoms with Crippen LogP contribution in [0, 0.1) is 27.8 Å². The van der Waals surface area contributed by atoms with E-state index in [-0.39, 0.29) is 17.4 Å². The molecule has 0 bridgehead atoms. The largest absolute Gasteiger partial charge is 0.486 e. The molecule has 0 radical (unpaired) electrons. The summed E-state index contributed by atoms with van der Waals surface area (Å²) >= 11 is 4.21. The highest BCUT2D eigenvalue weighted by molar-refractivity contribution is 7.80. The van der Waals surface area contributed by atoms with Gasteiger partial charge in [-0.3, -0.25) is 10.1 Å². The SMILES string of the molecule is CC(C)C(CS)COc1ccc(F)cc1[N+](=O)[O-]. The molecule has 0 amide bonds. The number of nitro groups is 1. The van der Waals surface area contributed by atoms with Gasteiger partial charge in [0.05, 0.1) is 17.6 Å². The summed E-state index contributed by atoms with van der Waals surface area (Å²) in [6.07, 6.45) is 0. The van der Waals surface area contributed by atoms with Gasteiger partial charge in [-0.1, -0.05) is 13.8 Å². The lowest BCUT2D eigenvalue weighted by atomic mass is 9.99. The van der Waals surface area contributed by atoms with Gasteiger partial charge in [0.25, 0.3) is 0 Å². The predicted molar refractivity (Wildman–Crippen MR) is 70.7 cm³/mol. The number of nitro benzene ring substituents is 1. The number of halogens is 1. The van der Waals surface area contributed by atoms with Crippen molar-refractivity contribution in [1.82, 2.24) is 0 Å². The number of rotatable bonds is 6. The fourth-order valence-corrected chi connectivity index (χ4v) is 1.94. The van der Waals surface area contributed by atoms with Crippen LogP contribution in [0.25, 0.3) is 0 Å². The summed E-state index contributed by atoms with van der Waals surface area (Å²) in [5.41, 5.74) is -0.350. The molecule has 0 aliphatic rings. The number of benzene rings is 1. The Morgan fingerprint density at radius 3 is 2.67 bits per heavy atom. The Balaban J connectivity index is 2.81. The third-order valence-corrected chi connectivity index (χ3v) is 3.22. The summed E-state index contributed by atoms with van der Waals surface area (Å²) in [6, 6.07) is 3.29. The van der Waals surface area contributed by atoms with E-state index in [2.05, 4.69) is 12.6 Å². The summed E-state index contributed by atoms with van der Waals surface area (Å²) in [6.45, 7) is 4.39. The minimum Gasteiger partial charge on any atom is -0.486 e. The first-order valence-electron chi connectivity index (χ1n) is 5.63. The molecule has 18 heavy (non-hydrogen) atoms. The number of nitrogens with zero attached hydrogens (tertiary/aromatic N) is 1. The molecule has 100 valence electrons. The van der Waals surface area contributed by atoms with Crippen LogP contribution in [-0.2, 0) is 0 Å². The molecule has 1 atom stereocenters. The van der Waals surface area contributed by atoms with E-state index >= 15 is 0 Å². The molecular formula is C12H16FNO3S. The fourth-order valence-electron chi connectivity index (χ4n) is 1.41. The summed E-state index contributed by atoms with van der Waals surface area (Å²) < 4.78 is 18.3. The molecule has 0 N–H and O–H groups in total. The molecule has 0 aliphatic heterocycles. The molecule has 0 fully saturated rings. The van der Waals surface area contributed by atoms with Crippen molar-refractivity contribution in [3.05, 3.63) is 34.1 Å². The number of hydrogen-bond acceptors (Lipinski definition) is 4. The number of thiol groups is 1. The van der Waals surface area contributed by atoms with Crippen molar-refractivity contribution in [2.24, 2.45) is 11.8 Å². The van der Waals surface area contributed by atoms with E-state index < -0.39 is 10.7 Å². The third kappa shape index (κ3) is 3.87. The van der Waals surface area contributed by atoms with E-state index in [1.165, 1.54) is 6.07 Å². The second-order valence-corrected chi connectivity index (χ2v) is 4.73. The number of ether oxygens (including phenoxy) is 1. The van der Waals surface area contributed by atoms with E-state index in [1.54, 1.807) is 0 Å². The van der Waals surface area contributed by atoms with E-state index in [0.717, 1.165) is 12.1 Å². The standard InChI is InChI=1S/C12H16FNO3S/c1-8(2)9(7-18)6-17-12-4-3-10(13)5-11(12)14(15)16/h3-5,8-9,18H,6-7H2,1-2H3. The predicted octanol–water partition coefficient (Wildman–Crippen LogP) is 3.31. The maximum Gasteiger partial charge on any atom is 0.313 e. The zero-order valence-electron chi connectivity index (χ0n) is 10.3. The van der Waals surface area contributed by atoms with Gasteiger partial charge in [0, 0.05) is 5.92 Å². The summed E-state index contributed by atoms with van der Waals surface area (Å²) in [4.78, 5) is 10.1. The highest BCUT2D eigenvalue weighted by atomic mass is 32.1. The summed E-state index contributed by atoms with van der Waals surface area (Å²) in [5, 5.41) is 10.8. The average Bonchev–Trinajstić information content (AvgIpc) is 2.30. The monoisotopic (exact) mass is 273 g/mol. The normalized spacial score (nSPS) is 12.5. The van der Waals surface area contributed by atoms with Gasteiger partial charge in [-0.15, -0.1) is 0 Å². The van der Waals surface area contributed by atoms with Gasteiger partial charge in [-0.25, -0.2) is 4.39 Å². The molecule has 1 aromatic carbocycles. The average molecular weight is 273 g/mol. The van der Waals surface area contributed by atoms with Crippen molar-refractivity contribution in [2.75, 3.05) is 12.4 Å². The van der Waals surface area contributed by atoms with Crippen LogP contribution in [0.1, 0.15) is 13.8 Å². The molecule has 0 heterocycles. The molecule has 0 saturated carbocycles. The Bertz CT molecular complexity index is 426. The molecule has 6 heteroatoms. The van der Waals surface area contributed by atoms with Gasteiger partial charge in [0.15, 0.2) is 5.75 Å². The van der Waals surface area contributed by atoms with E-state index in [9.17, 15) is 14.5 Å². The summed E-state index contributed by atoms with van der Waals surface area (Å²) in [7, 11) is 0. The maximum atomic E-state index is 12.9. The van der Waals surface area contributed by atoms with Crippen LogP contribution in [0.15, 0.2) is 18.2 Å². The molecule has 0 saturated heterocycles. The van der Waals surface area contributed by atoms with Gasteiger partial charge in [-0.05, 0) is 23.8 Å². The molecule has 1 aromatic rings. The quantitative estimate of drug-likeness (QED) is 0.491. The Hall–Kier alpha value is -1.30. The van der Waals surface area contributed by atoms with Gasteiger partial charge < -0.3 is 4.74 Å². The molecular weight excluding hydrogens is 257 g/mol.